The summed E-state index contributed by atoms with van der Waals surface area (Å²) in [5.74, 6) is -1.31. The molecule has 0 fully saturated rings. The first-order valence-corrected chi connectivity index (χ1v) is 36.6. The average Bonchev–Trinajstić information content (AvgIpc) is 3.25. The van der Waals surface area contributed by atoms with E-state index in [9.17, 15) is 82.9 Å². The molecule has 0 aromatic carbocycles. The number of hydrogen-bond donors (Lipinski definition) is 11. The van der Waals surface area contributed by atoms with Gasteiger partial charge in [-0.2, -0.15) is 0 Å². The summed E-state index contributed by atoms with van der Waals surface area (Å²) in [5, 5.41) is 24.4. The smallest absolute Gasteiger partial charge is 0.314 e. The number of urea groups is 1. The highest BCUT2D eigenvalue weighted by Gasteiger charge is 2.01. The Morgan fingerprint density at radius 3 is 0.478 bits per heavy atom. The number of rotatable bonds is 5. The summed E-state index contributed by atoms with van der Waals surface area (Å²) in [4.78, 5) is 63.1. The van der Waals surface area contributed by atoms with Gasteiger partial charge in [-0.1, -0.05) is 44.6 Å². The zero-order valence-electron chi connectivity index (χ0n) is 58.3. The van der Waals surface area contributed by atoms with Crippen molar-refractivity contribution in [3.05, 3.63) is 0 Å². The number of sulfone groups is 1. The lowest BCUT2D eigenvalue weighted by atomic mass is 10.7. The van der Waals surface area contributed by atoms with Crippen molar-refractivity contribution in [2.45, 2.75) is 79.2 Å². The molecule has 0 saturated heterocycles. The lowest BCUT2D eigenvalue weighted by molar-refractivity contribution is -0.138. The number of nitrogens with one attached hydrogen (secondary N) is 8. The minimum atomic E-state index is -3.17. The van der Waals surface area contributed by atoms with Crippen LogP contribution in [0.1, 0.15) is 79.2 Å². The van der Waals surface area contributed by atoms with Gasteiger partial charge in [0.15, 0.2) is 0 Å². The fourth-order valence-corrected chi connectivity index (χ4v) is 0.125. The van der Waals surface area contributed by atoms with E-state index in [-0.39, 0.29) is 74.3 Å². The van der Waals surface area contributed by atoms with Gasteiger partial charge in [-0.25, -0.2) is 91.6 Å². The molecule has 0 aliphatic carbocycles. The van der Waals surface area contributed by atoms with E-state index in [4.69, 9.17) is 9.90 Å². The molecule has 0 heterocycles. The van der Waals surface area contributed by atoms with Crippen LogP contribution in [0.25, 0.3) is 0 Å². The van der Waals surface area contributed by atoms with Crippen LogP contribution in [0.2, 0.25) is 0 Å². The molecule has 0 aliphatic heterocycles. The predicted molar refractivity (Wildman–Crippen MR) is 392 cm³/mol. The minimum Gasteiger partial charge on any atom is -0.481 e. The van der Waals surface area contributed by atoms with Crippen molar-refractivity contribution in [1.29, 1.82) is 0 Å². The van der Waals surface area contributed by atoms with Crippen molar-refractivity contribution in [2.75, 3.05) is 212 Å². The molecule has 0 saturated carbocycles. The van der Waals surface area contributed by atoms with Crippen LogP contribution >= 0.6 is 0 Å². The monoisotopic (exact) mass is 1510 g/mol. The molecular formula is C48H145N15O22S7. The topological polar surface area (TPSA) is 535 Å². The second kappa shape index (κ2) is 100. The highest BCUT2D eigenvalue weighted by atomic mass is 32.2. The van der Waals surface area contributed by atoms with E-state index in [0.717, 1.165) is 65.6 Å². The summed E-state index contributed by atoms with van der Waals surface area (Å²) in [6, 6.07) is -0.157. The molecule has 0 aliphatic rings. The number of sulfonamides is 6. The third-order valence-corrected chi connectivity index (χ3v) is 9.04. The second-order valence-electron chi connectivity index (χ2n) is 16.5. The number of carboxylic acids is 1. The molecule has 44 heteroatoms. The number of ether oxygens (including phenoxy) is 1. The Kier molecular flexibility index (Phi) is 172. The van der Waals surface area contributed by atoms with Crippen LogP contribution in [0, 0.1) is 0 Å². The number of esters is 1. The van der Waals surface area contributed by atoms with Crippen LogP contribution < -0.4 is 51.6 Å². The highest BCUT2D eigenvalue weighted by molar-refractivity contribution is 7.90. The number of aliphatic carboxylic acids is 1. The lowest BCUT2D eigenvalue weighted by Crippen LogP contribution is -2.28. The quantitative estimate of drug-likeness (QED) is 0.134. The molecule has 0 spiro atoms. The van der Waals surface area contributed by atoms with Crippen molar-refractivity contribution >= 4 is 106 Å². The number of primary amides is 1. The first-order valence-electron chi connectivity index (χ1n) is 23.0. The lowest BCUT2D eigenvalue weighted by Gasteiger charge is -2.02. The molecular weight excluding hydrogens is 1360 g/mol. The van der Waals surface area contributed by atoms with Gasteiger partial charge in [0.1, 0.15) is 9.84 Å². The minimum absolute atomic E-state index is 0. The largest absolute Gasteiger partial charge is 0.481 e. The fraction of sp³-hybridized carbons (Fsp3) is 0.875. The van der Waals surface area contributed by atoms with E-state index in [0.29, 0.717) is 0 Å². The van der Waals surface area contributed by atoms with Crippen molar-refractivity contribution < 1.29 is 97.5 Å². The average molecular weight is 1510 g/mol. The van der Waals surface area contributed by atoms with Gasteiger partial charge in [0.2, 0.25) is 77.9 Å². The van der Waals surface area contributed by atoms with Gasteiger partial charge in [0, 0.05) is 111 Å². The van der Waals surface area contributed by atoms with E-state index >= 15 is 0 Å². The van der Waals surface area contributed by atoms with Crippen LogP contribution in [-0.2, 0) is 98.7 Å². The summed E-state index contributed by atoms with van der Waals surface area (Å²) in [5.41, 5.74) is 4.47. The van der Waals surface area contributed by atoms with Crippen LogP contribution in [0.4, 0.5) is 4.79 Å². The maximum Gasteiger partial charge on any atom is 0.314 e. The molecule has 0 aromatic heterocycles. The van der Waals surface area contributed by atoms with Crippen molar-refractivity contribution in [3.8, 4) is 0 Å². The van der Waals surface area contributed by atoms with Gasteiger partial charge < -0.3 is 56.9 Å². The number of carbonyl (C=O) groups is 6. The number of amides is 5. The van der Waals surface area contributed by atoms with E-state index in [1.807, 2.05) is 80.3 Å². The van der Waals surface area contributed by atoms with Gasteiger partial charge in [0.25, 0.3) is 5.97 Å². The van der Waals surface area contributed by atoms with Gasteiger partial charge in [-0.15, -0.1) is 0 Å². The summed E-state index contributed by atoms with van der Waals surface area (Å²) >= 11 is 0. The first-order chi connectivity index (χ1) is 37.3. The Balaban J connectivity index is -0.0000000262. The summed E-state index contributed by atoms with van der Waals surface area (Å²) in [7, 11) is 18.7. The Morgan fingerprint density at radius 2 is 0.478 bits per heavy atom. The van der Waals surface area contributed by atoms with E-state index < -0.39 is 75.9 Å². The van der Waals surface area contributed by atoms with Gasteiger partial charge in [-0.3, -0.25) is 24.0 Å². The Labute approximate surface area is 566 Å². The highest BCUT2D eigenvalue weighted by Crippen LogP contribution is 1.83. The van der Waals surface area contributed by atoms with Crippen molar-refractivity contribution in [1.82, 2.24) is 64.1 Å². The molecule has 92 heavy (non-hydrogen) atoms. The van der Waals surface area contributed by atoms with E-state index in [1.54, 1.807) is 35.2 Å². The molecule has 586 valence electrons. The molecule has 5 amide bonds. The Morgan fingerprint density at radius 1 is 0.402 bits per heavy atom. The molecule has 37 nitrogen and oxygen atoms in total. The zero-order chi connectivity index (χ0) is 75.2. The molecule has 0 unspecified atom stereocenters. The molecule has 0 bridgehead atoms. The Hall–Kier alpha value is -4.13. The number of nitrogens with two attached hydrogens (primary N) is 2. The maximum atomic E-state index is 10.3. The van der Waals surface area contributed by atoms with Crippen LogP contribution in [0.5, 0.6) is 0 Å². The van der Waals surface area contributed by atoms with E-state index in [2.05, 4.69) is 56.4 Å². The predicted octanol–water partition coefficient (Wildman–Crippen LogP) is -1.93. The number of carboxylic acid groups (broad SMARTS) is 1. The van der Waals surface area contributed by atoms with Gasteiger partial charge in [-0.05, 0) is 91.6 Å². The van der Waals surface area contributed by atoms with Gasteiger partial charge in [0.05, 0.1) is 44.6 Å². The van der Waals surface area contributed by atoms with Crippen molar-refractivity contribution in [2.24, 2.45) is 10.9 Å². The molecule has 0 atom stereocenters. The number of carbonyl (C=O) groups excluding carboxylic acids is 5. The molecule has 13 N–H and O–H groups in total. The second-order valence-corrected chi connectivity index (χ2v) is 30.7. The molecule has 0 aromatic rings. The van der Waals surface area contributed by atoms with E-state index in [1.165, 1.54) is 89.0 Å². The maximum absolute atomic E-state index is 10.3. The standard InChI is InChI=1S/C4H9NO.C3H8N2O.2C3H9NO2S.C3H7NO.2C3H9N.C3H6O2.3C2H7NO2S.C2H5NO.2C2H7N.C2H6O2S.C2H4O2.CH5NO2S.6CH4/c1-4(6)5(2)3;1-4-3(6)5-2;2*1-4(2)7(3,5)6;1-3(5)4-2;2*1-4(2)3;1-3(4)5-2;3*1-3-6(2,4)5;1-2(3)4;2*1-3-2;1-5(2,3)4;1-2(3)4;1-5(2,3)4;;;;;;/h1-3H3;1-2H3,(H2,4,5,6);2*1-3H3;1-2H3,(H,4,5);2*1-3H3;1-2H3;3*3H,1-2H3;1H3,(H2,3,4);2*3H,1-2H3;1-2H3;1H3,(H,3,4);1H3,(H2,2,3,4);6*1H4. The summed E-state index contributed by atoms with van der Waals surface area (Å²) in [6.45, 7) is 6.75. The third-order valence-electron chi connectivity index (χ3n) is 4.16. The SMILES string of the molecule is C.C.C.C.C.C.CC(=O)N(C)C.CC(=O)O.CC(N)=O.CN(C)C.CN(C)C.CN(C)S(C)(=O)=O.CN(C)S(C)(=O)=O.CNC.CNC.CNC(=O)NC.CNC(C)=O.CNS(C)(=O)=O.CNS(C)(=O)=O.CNS(C)(=O)=O.COC(C)=O.CS(C)(=O)=O.CS(N)(=O)=O. The number of hydrogen-bond acceptors (Lipinski definition) is 25. The normalized spacial score (nSPS) is 8.88. The van der Waals surface area contributed by atoms with Crippen molar-refractivity contribution in [3.63, 3.8) is 0 Å². The molecule has 0 rings (SSSR count). The number of methoxy groups -OCH3 is 1. The zero-order valence-corrected chi connectivity index (χ0v) is 64.0. The van der Waals surface area contributed by atoms with Crippen LogP contribution in [-0.4, -0.2) is 335 Å². The number of nitrogens with zero attached hydrogens (tertiary/aromatic N) is 5. The number of primary sulfonamides is 1. The molecule has 0 radical (unpaired) electrons. The summed E-state index contributed by atoms with van der Waals surface area (Å²) < 4.78 is 151. The summed E-state index contributed by atoms with van der Waals surface area (Å²) in [6.07, 6.45) is 8.89. The fourth-order valence-electron chi connectivity index (χ4n) is 0.125. The third kappa shape index (κ3) is 742. The van der Waals surface area contributed by atoms with Crippen LogP contribution in [0.3, 0.4) is 0 Å². The Bertz CT molecular complexity index is 2160. The van der Waals surface area contributed by atoms with Crippen LogP contribution in [0.15, 0.2) is 0 Å². The van der Waals surface area contributed by atoms with Gasteiger partial charge >= 0.3 is 12.0 Å². The first kappa shape index (κ1) is 158.